The van der Waals surface area contributed by atoms with E-state index in [1.54, 1.807) is 11.3 Å². The molecule has 0 bridgehead atoms. The lowest BCUT2D eigenvalue weighted by Gasteiger charge is -2.39. The van der Waals surface area contributed by atoms with Gasteiger partial charge < -0.3 is 5.73 Å². The molecular formula is C13H21NS. The highest BCUT2D eigenvalue weighted by atomic mass is 32.1. The predicted octanol–water partition coefficient (Wildman–Crippen LogP) is 3.45. The first-order valence-corrected chi connectivity index (χ1v) is 6.89. The Hall–Kier alpha value is -0.340. The van der Waals surface area contributed by atoms with Crippen molar-refractivity contribution in [1.29, 1.82) is 0 Å². The minimum atomic E-state index is 0.402. The predicted molar refractivity (Wildman–Crippen MR) is 67.1 cm³/mol. The van der Waals surface area contributed by atoms with E-state index in [9.17, 15) is 0 Å². The molecular weight excluding hydrogens is 202 g/mol. The zero-order valence-corrected chi connectivity index (χ0v) is 10.4. The molecule has 1 aromatic rings. The highest BCUT2D eigenvalue weighted by molar-refractivity contribution is 7.07. The Morgan fingerprint density at radius 2 is 2.47 bits per heavy atom. The van der Waals surface area contributed by atoms with Gasteiger partial charge in [-0.15, -0.1) is 0 Å². The monoisotopic (exact) mass is 223 g/mol. The van der Waals surface area contributed by atoms with Crippen LogP contribution in [0.3, 0.4) is 0 Å². The van der Waals surface area contributed by atoms with Crippen LogP contribution in [0.25, 0.3) is 0 Å². The third-order valence-electron chi connectivity index (χ3n) is 3.78. The van der Waals surface area contributed by atoms with Crippen molar-refractivity contribution >= 4 is 11.3 Å². The summed E-state index contributed by atoms with van der Waals surface area (Å²) in [5.41, 5.74) is 7.91. The molecule has 2 heteroatoms. The number of thiophene rings is 1. The van der Waals surface area contributed by atoms with Crippen molar-refractivity contribution in [2.24, 2.45) is 17.1 Å². The second kappa shape index (κ2) is 4.67. The molecule has 15 heavy (non-hydrogen) atoms. The van der Waals surface area contributed by atoms with Crippen LogP contribution in [0, 0.1) is 11.3 Å². The van der Waals surface area contributed by atoms with Crippen molar-refractivity contribution in [2.75, 3.05) is 6.54 Å². The van der Waals surface area contributed by atoms with Crippen LogP contribution in [-0.2, 0) is 6.42 Å². The first-order chi connectivity index (χ1) is 7.24. The summed E-state index contributed by atoms with van der Waals surface area (Å²) in [5.74, 6) is 0.862. The summed E-state index contributed by atoms with van der Waals surface area (Å²) in [5, 5.41) is 4.45. The number of hydrogen-bond acceptors (Lipinski definition) is 2. The van der Waals surface area contributed by atoms with Gasteiger partial charge in [0.05, 0.1) is 0 Å². The number of rotatable bonds is 3. The molecule has 84 valence electrons. The van der Waals surface area contributed by atoms with Crippen LogP contribution in [0.4, 0.5) is 0 Å². The van der Waals surface area contributed by atoms with Gasteiger partial charge in [0.2, 0.25) is 0 Å². The average molecular weight is 223 g/mol. The third kappa shape index (κ3) is 2.61. The largest absolute Gasteiger partial charge is 0.330 e. The lowest BCUT2D eigenvalue weighted by Crippen LogP contribution is -2.37. The van der Waals surface area contributed by atoms with Crippen molar-refractivity contribution in [3.63, 3.8) is 0 Å². The molecule has 2 atom stereocenters. The summed E-state index contributed by atoms with van der Waals surface area (Å²) in [6.45, 7) is 3.23. The molecule has 2 N–H and O–H groups in total. The van der Waals surface area contributed by atoms with Gasteiger partial charge >= 0.3 is 0 Å². The Morgan fingerprint density at radius 1 is 1.60 bits per heavy atom. The Bertz CT molecular complexity index is 293. The Labute approximate surface area is 96.7 Å². The maximum absolute atomic E-state index is 6.02. The van der Waals surface area contributed by atoms with E-state index in [1.807, 2.05) is 0 Å². The Kier molecular flexibility index (Phi) is 3.47. The smallest absolute Gasteiger partial charge is 0.00172 e. The van der Waals surface area contributed by atoms with Gasteiger partial charge in [-0.1, -0.05) is 19.8 Å². The molecule has 1 aliphatic rings. The Balaban J connectivity index is 2.07. The van der Waals surface area contributed by atoms with Gasteiger partial charge in [-0.3, -0.25) is 0 Å². The molecule has 0 saturated heterocycles. The van der Waals surface area contributed by atoms with E-state index >= 15 is 0 Å². The third-order valence-corrected chi connectivity index (χ3v) is 4.51. The van der Waals surface area contributed by atoms with Crippen molar-refractivity contribution in [3.05, 3.63) is 22.4 Å². The fraction of sp³-hybridized carbons (Fsp3) is 0.692. The summed E-state index contributed by atoms with van der Waals surface area (Å²) >= 11 is 1.80. The van der Waals surface area contributed by atoms with Crippen molar-refractivity contribution in [1.82, 2.24) is 0 Å². The van der Waals surface area contributed by atoms with Crippen LogP contribution in [0.15, 0.2) is 16.8 Å². The van der Waals surface area contributed by atoms with Crippen LogP contribution < -0.4 is 5.73 Å². The molecule has 0 aromatic carbocycles. The SMILES string of the molecule is CC1CCCC(CN)(Cc2ccsc2)C1. The second-order valence-electron chi connectivity index (χ2n) is 5.21. The van der Waals surface area contributed by atoms with Crippen molar-refractivity contribution < 1.29 is 0 Å². The summed E-state index contributed by atoms with van der Waals surface area (Å²) in [6.07, 6.45) is 6.59. The normalized spacial score (nSPS) is 31.7. The molecule has 0 aliphatic heterocycles. The van der Waals surface area contributed by atoms with Crippen molar-refractivity contribution in [3.8, 4) is 0 Å². The maximum Gasteiger partial charge on any atom is -0.00172 e. The van der Waals surface area contributed by atoms with Crippen LogP contribution >= 0.6 is 11.3 Å². The summed E-state index contributed by atoms with van der Waals surface area (Å²) in [6, 6.07) is 2.25. The summed E-state index contributed by atoms with van der Waals surface area (Å²) in [7, 11) is 0. The van der Waals surface area contributed by atoms with Gasteiger partial charge in [-0.2, -0.15) is 11.3 Å². The average Bonchev–Trinajstić information content (AvgIpc) is 2.70. The van der Waals surface area contributed by atoms with Crippen molar-refractivity contribution in [2.45, 2.75) is 39.0 Å². The maximum atomic E-state index is 6.02. The molecule has 0 amide bonds. The molecule has 1 heterocycles. The van der Waals surface area contributed by atoms with Gasteiger partial charge in [0, 0.05) is 0 Å². The fourth-order valence-corrected chi connectivity index (χ4v) is 3.68. The first kappa shape index (κ1) is 11.2. The standard InChI is InChI=1S/C13H21NS/c1-11-3-2-5-13(7-11,10-14)8-12-4-6-15-9-12/h4,6,9,11H,2-3,5,7-8,10,14H2,1H3. The molecule has 1 saturated carbocycles. The highest BCUT2D eigenvalue weighted by Crippen LogP contribution is 2.41. The molecule has 0 spiro atoms. The molecule has 2 unspecified atom stereocenters. The summed E-state index contributed by atoms with van der Waals surface area (Å²) < 4.78 is 0. The minimum absolute atomic E-state index is 0.402. The topological polar surface area (TPSA) is 26.0 Å². The molecule has 1 aliphatic carbocycles. The van der Waals surface area contributed by atoms with E-state index in [2.05, 4.69) is 23.8 Å². The van der Waals surface area contributed by atoms with Crippen LogP contribution in [0.2, 0.25) is 0 Å². The van der Waals surface area contributed by atoms with E-state index in [4.69, 9.17) is 5.73 Å². The molecule has 1 fully saturated rings. The van der Waals surface area contributed by atoms with Gasteiger partial charge in [-0.05, 0) is 59.5 Å². The zero-order valence-electron chi connectivity index (χ0n) is 9.54. The lowest BCUT2D eigenvalue weighted by atomic mass is 9.67. The van der Waals surface area contributed by atoms with Crippen LogP contribution in [0.1, 0.15) is 38.2 Å². The van der Waals surface area contributed by atoms with Gasteiger partial charge in [-0.25, -0.2) is 0 Å². The van der Waals surface area contributed by atoms with Gasteiger partial charge in [0.1, 0.15) is 0 Å². The Morgan fingerprint density at radius 3 is 3.07 bits per heavy atom. The van der Waals surface area contributed by atoms with E-state index < -0.39 is 0 Å². The minimum Gasteiger partial charge on any atom is -0.330 e. The van der Waals surface area contributed by atoms with Gasteiger partial charge in [0.15, 0.2) is 0 Å². The van der Waals surface area contributed by atoms with E-state index in [1.165, 1.54) is 37.7 Å². The van der Waals surface area contributed by atoms with E-state index in [0.717, 1.165) is 12.5 Å². The summed E-state index contributed by atoms with van der Waals surface area (Å²) in [4.78, 5) is 0. The number of nitrogens with two attached hydrogens (primary N) is 1. The lowest BCUT2D eigenvalue weighted by molar-refractivity contribution is 0.154. The van der Waals surface area contributed by atoms with E-state index in [0.29, 0.717) is 5.41 Å². The fourth-order valence-electron chi connectivity index (χ4n) is 3.01. The quantitative estimate of drug-likeness (QED) is 0.834. The number of hydrogen-bond donors (Lipinski definition) is 1. The van der Waals surface area contributed by atoms with E-state index in [-0.39, 0.29) is 0 Å². The highest BCUT2D eigenvalue weighted by Gasteiger charge is 2.33. The second-order valence-corrected chi connectivity index (χ2v) is 5.99. The van der Waals surface area contributed by atoms with Crippen LogP contribution in [0.5, 0.6) is 0 Å². The van der Waals surface area contributed by atoms with Crippen LogP contribution in [-0.4, -0.2) is 6.54 Å². The molecule has 1 aromatic heterocycles. The first-order valence-electron chi connectivity index (χ1n) is 5.95. The molecule has 0 radical (unpaired) electrons. The molecule has 1 nitrogen and oxygen atoms in total. The zero-order chi connectivity index (χ0) is 10.7. The molecule has 2 rings (SSSR count). The van der Waals surface area contributed by atoms with Gasteiger partial charge in [0.25, 0.3) is 0 Å².